The number of amides is 3. The second-order valence-electron chi connectivity index (χ2n) is 7.97. The summed E-state index contributed by atoms with van der Waals surface area (Å²) in [5, 5.41) is 19.5. The van der Waals surface area contributed by atoms with Crippen LogP contribution in [-0.2, 0) is 20.9 Å². The predicted molar refractivity (Wildman–Crippen MR) is 129 cm³/mol. The molecule has 3 aromatic rings. The predicted octanol–water partition coefficient (Wildman–Crippen LogP) is 2.81. The first-order valence-electron chi connectivity index (χ1n) is 11.1. The normalized spacial score (nSPS) is 13.4. The number of hydrogen-bond acceptors (Lipinski definition) is 5. The summed E-state index contributed by atoms with van der Waals surface area (Å²) >= 11 is 0. The second-order valence-corrected chi connectivity index (χ2v) is 7.97. The van der Waals surface area contributed by atoms with E-state index >= 15 is 0 Å². The van der Waals surface area contributed by atoms with Gasteiger partial charge >= 0.3 is 6.09 Å². The van der Waals surface area contributed by atoms with E-state index in [4.69, 9.17) is 4.74 Å². The van der Waals surface area contributed by atoms with Crippen LogP contribution in [0.1, 0.15) is 31.0 Å². The van der Waals surface area contributed by atoms with Crippen molar-refractivity contribution in [2.24, 2.45) is 0 Å². The Morgan fingerprint density at radius 1 is 0.824 bits per heavy atom. The Bertz CT molecular complexity index is 1130. The van der Waals surface area contributed by atoms with E-state index in [0.29, 0.717) is 0 Å². The van der Waals surface area contributed by atoms with E-state index in [-0.39, 0.29) is 12.6 Å². The highest BCUT2D eigenvalue weighted by atomic mass is 16.5. The summed E-state index contributed by atoms with van der Waals surface area (Å²) in [4.78, 5) is 37.2. The molecule has 178 valence electrons. The van der Waals surface area contributed by atoms with Gasteiger partial charge in [-0.25, -0.2) is 4.79 Å². The van der Waals surface area contributed by atoms with Gasteiger partial charge in [-0.05, 0) is 35.7 Å². The largest absolute Gasteiger partial charge is 0.445 e. The number of nitrogens with one attached hydrogen (secondary N) is 3. The highest BCUT2D eigenvalue weighted by molar-refractivity contribution is 5.92. The number of rotatable bonds is 9. The molecule has 0 aliphatic carbocycles. The summed E-state index contributed by atoms with van der Waals surface area (Å²) in [7, 11) is 0. The fraction of sp³-hybridized carbons (Fsp3) is 0.269. The average Bonchev–Trinajstić information content (AvgIpc) is 2.85. The van der Waals surface area contributed by atoms with Gasteiger partial charge in [-0.1, -0.05) is 72.8 Å². The zero-order valence-corrected chi connectivity index (χ0v) is 19.2. The molecule has 0 bridgehead atoms. The van der Waals surface area contributed by atoms with Gasteiger partial charge in [0.2, 0.25) is 11.8 Å². The molecule has 4 N–H and O–H groups in total. The molecule has 34 heavy (non-hydrogen) atoms. The van der Waals surface area contributed by atoms with Crippen molar-refractivity contribution in [2.75, 3.05) is 6.61 Å². The molecule has 3 rings (SSSR count). The third-order valence-corrected chi connectivity index (χ3v) is 5.40. The molecule has 3 aromatic carbocycles. The highest BCUT2D eigenvalue weighted by Gasteiger charge is 2.25. The fourth-order valence-electron chi connectivity index (χ4n) is 3.52. The number of fused-ring (bicyclic) bond motifs is 1. The zero-order chi connectivity index (χ0) is 24.5. The standard InChI is InChI=1S/C26H29N3O5/c1-17(21-14-8-12-20-11-6-7-13-22(20)21)27-25(32)23(15-30)29-24(31)18(2)28-26(33)34-16-19-9-4-3-5-10-19/h3-14,17-18,23,30H,15-16H2,1-2H3,(H,27,32)(H,28,33)(H,29,31)/t17-,18-,23-/m0/s1. The SMILES string of the molecule is C[C@H](NC(=O)OCc1ccccc1)C(=O)N[C@@H](CO)C(=O)N[C@@H](C)c1cccc2ccccc12. The molecule has 0 saturated carbocycles. The fourth-order valence-corrected chi connectivity index (χ4v) is 3.52. The van der Waals surface area contributed by atoms with Crippen LogP contribution in [0, 0.1) is 0 Å². The summed E-state index contributed by atoms with van der Waals surface area (Å²) in [6.45, 7) is 2.77. The summed E-state index contributed by atoms with van der Waals surface area (Å²) in [5.41, 5.74) is 1.73. The summed E-state index contributed by atoms with van der Waals surface area (Å²) in [6.07, 6.45) is -0.763. The second kappa shape index (κ2) is 11.8. The summed E-state index contributed by atoms with van der Waals surface area (Å²) in [6, 6.07) is 20.3. The minimum absolute atomic E-state index is 0.0642. The Morgan fingerprint density at radius 3 is 2.24 bits per heavy atom. The maximum absolute atomic E-state index is 12.7. The summed E-state index contributed by atoms with van der Waals surface area (Å²) < 4.78 is 5.11. The lowest BCUT2D eigenvalue weighted by molar-refractivity contribution is -0.131. The van der Waals surface area contributed by atoms with Gasteiger partial charge in [0.05, 0.1) is 12.6 Å². The van der Waals surface area contributed by atoms with Crippen LogP contribution in [0.4, 0.5) is 4.79 Å². The van der Waals surface area contributed by atoms with Gasteiger partial charge in [-0.3, -0.25) is 9.59 Å². The number of hydrogen-bond donors (Lipinski definition) is 4. The van der Waals surface area contributed by atoms with E-state index in [1.807, 2.05) is 79.7 Å². The smallest absolute Gasteiger partial charge is 0.408 e. The first-order chi connectivity index (χ1) is 16.4. The van der Waals surface area contributed by atoms with Crippen molar-refractivity contribution in [1.82, 2.24) is 16.0 Å². The van der Waals surface area contributed by atoms with Crippen molar-refractivity contribution in [3.05, 3.63) is 83.9 Å². The topological polar surface area (TPSA) is 117 Å². The molecular weight excluding hydrogens is 434 g/mol. The van der Waals surface area contributed by atoms with Crippen LogP contribution in [0.5, 0.6) is 0 Å². The number of alkyl carbamates (subject to hydrolysis) is 1. The third-order valence-electron chi connectivity index (χ3n) is 5.40. The Balaban J connectivity index is 1.53. The van der Waals surface area contributed by atoms with Crippen molar-refractivity contribution >= 4 is 28.7 Å². The molecule has 3 amide bonds. The van der Waals surface area contributed by atoms with Crippen LogP contribution in [0.25, 0.3) is 10.8 Å². The Kier molecular flexibility index (Phi) is 8.59. The first-order valence-corrected chi connectivity index (χ1v) is 11.1. The van der Waals surface area contributed by atoms with E-state index in [2.05, 4.69) is 16.0 Å². The lowest BCUT2D eigenvalue weighted by atomic mass is 9.99. The highest BCUT2D eigenvalue weighted by Crippen LogP contribution is 2.24. The molecule has 0 heterocycles. The Labute approximate surface area is 198 Å². The van der Waals surface area contributed by atoms with Crippen LogP contribution < -0.4 is 16.0 Å². The molecule has 3 atom stereocenters. The number of benzene rings is 3. The monoisotopic (exact) mass is 463 g/mol. The lowest BCUT2D eigenvalue weighted by Gasteiger charge is -2.22. The van der Waals surface area contributed by atoms with E-state index < -0.39 is 36.6 Å². The molecule has 0 aliphatic rings. The minimum atomic E-state index is -1.17. The Morgan fingerprint density at radius 2 is 1.50 bits per heavy atom. The molecule has 0 spiro atoms. The van der Waals surface area contributed by atoms with Crippen molar-refractivity contribution in [1.29, 1.82) is 0 Å². The van der Waals surface area contributed by atoms with Crippen LogP contribution >= 0.6 is 0 Å². The molecule has 0 radical (unpaired) electrons. The minimum Gasteiger partial charge on any atom is -0.445 e. The van der Waals surface area contributed by atoms with Gasteiger partial charge in [0.15, 0.2) is 0 Å². The van der Waals surface area contributed by atoms with Crippen LogP contribution in [-0.4, -0.2) is 41.7 Å². The van der Waals surface area contributed by atoms with E-state index in [1.54, 1.807) is 0 Å². The molecule has 0 fully saturated rings. The first kappa shape index (κ1) is 24.7. The molecule has 8 nitrogen and oxygen atoms in total. The Hall–Kier alpha value is -3.91. The van der Waals surface area contributed by atoms with E-state index in [0.717, 1.165) is 21.9 Å². The van der Waals surface area contributed by atoms with E-state index in [1.165, 1.54) is 6.92 Å². The number of carbonyl (C=O) groups excluding carboxylic acids is 3. The average molecular weight is 464 g/mol. The van der Waals surface area contributed by atoms with Crippen molar-refractivity contribution in [2.45, 2.75) is 38.6 Å². The van der Waals surface area contributed by atoms with Crippen molar-refractivity contribution < 1.29 is 24.2 Å². The molecular formula is C26H29N3O5. The number of ether oxygens (including phenoxy) is 1. The third kappa shape index (κ3) is 6.55. The quantitative estimate of drug-likeness (QED) is 0.389. The molecule has 0 aromatic heterocycles. The number of aliphatic hydroxyl groups excluding tert-OH is 1. The van der Waals surface area contributed by atoms with Gasteiger partial charge in [-0.2, -0.15) is 0 Å². The van der Waals surface area contributed by atoms with Crippen LogP contribution in [0.2, 0.25) is 0 Å². The van der Waals surface area contributed by atoms with Gasteiger partial charge in [-0.15, -0.1) is 0 Å². The van der Waals surface area contributed by atoms with Gasteiger partial charge in [0.1, 0.15) is 18.7 Å². The molecule has 0 unspecified atom stereocenters. The van der Waals surface area contributed by atoms with Crippen LogP contribution in [0.15, 0.2) is 72.8 Å². The molecule has 8 heteroatoms. The maximum atomic E-state index is 12.7. The van der Waals surface area contributed by atoms with Crippen LogP contribution in [0.3, 0.4) is 0 Å². The lowest BCUT2D eigenvalue weighted by Crippen LogP contribution is -2.54. The number of aliphatic hydroxyl groups is 1. The molecule has 0 aliphatic heterocycles. The van der Waals surface area contributed by atoms with Gasteiger partial charge in [0, 0.05) is 0 Å². The van der Waals surface area contributed by atoms with E-state index in [9.17, 15) is 19.5 Å². The van der Waals surface area contributed by atoms with Gasteiger partial charge in [0.25, 0.3) is 0 Å². The summed E-state index contributed by atoms with van der Waals surface area (Å²) in [5.74, 6) is -1.15. The van der Waals surface area contributed by atoms with Crippen molar-refractivity contribution in [3.63, 3.8) is 0 Å². The van der Waals surface area contributed by atoms with Crippen molar-refractivity contribution in [3.8, 4) is 0 Å². The molecule has 0 saturated heterocycles. The maximum Gasteiger partial charge on any atom is 0.408 e. The van der Waals surface area contributed by atoms with Gasteiger partial charge < -0.3 is 25.8 Å². The zero-order valence-electron chi connectivity index (χ0n) is 19.2. The number of carbonyl (C=O) groups is 3.